The summed E-state index contributed by atoms with van der Waals surface area (Å²) in [6, 6.07) is 5.67. The van der Waals surface area contributed by atoms with Crippen molar-refractivity contribution < 1.29 is 14.4 Å². The van der Waals surface area contributed by atoms with Gasteiger partial charge in [0.05, 0.1) is 7.11 Å². The van der Waals surface area contributed by atoms with Crippen molar-refractivity contribution in [3.63, 3.8) is 0 Å². The molecule has 0 amide bonds. The standard InChI is InChI=1S/C14H18N2O3/c1-4-5-11(17)13-15-14(19-16-13)10-7-6-9(2)12(8-10)18-3/h6-8,11,17H,4-5H2,1-3H3. The van der Waals surface area contributed by atoms with Crippen LogP contribution in [0, 0.1) is 6.92 Å². The Kier molecular flexibility index (Phi) is 4.16. The molecule has 2 rings (SSSR count). The maximum absolute atomic E-state index is 9.82. The number of aliphatic hydroxyl groups excluding tert-OH is 1. The van der Waals surface area contributed by atoms with Gasteiger partial charge in [0.2, 0.25) is 5.82 Å². The van der Waals surface area contributed by atoms with Crippen LogP contribution in [0.1, 0.15) is 37.3 Å². The Balaban J connectivity index is 2.27. The highest BCUT2D eigenvalue weighted by molar-refractivity contribution is 5.57. The van der Waals surface area contributed by atoms with Crippen molar-refractivity contribution in [1.29, 1.82) is 0 Å². The summed E-state index contributed by atoms with van der Waals surface area (Å²) in [5.74, 6) is 1.49. The quantitative estimate of drug-likeness (QED) is 0.897. The predicted molar refractivity (Wildman–Crippen MR) is 70.9 cm³/mol. The summed E-state index contributed by atoms with van der Waals surface area (Å²) in [6.45, 7) is 3.96. The molecule has 2 aromatic rings. The van der Waals surface area contributed by atoms with E-state index in [0.29, 0.717) is 18.1 Å². The van der Waals surface area contributed by atoms with Crippen LogP contribution < -0.4 is 4.74 Å². The molecule has 1 heterocycles. The Hall–Kier alpha value is -1.88. The first-order chi connectivity index (χ1) is 9.15. The summed E-state index contributed by atoms with van der Waals surface area (Å²) in [5, 5.41) is 13.6. The molecule has 102 valence electrons. The number of methoxy groups -OCH3 is 1. The molecule has 1 unspecified atom stereocenters. The molecule has 0 bridgehead atoms. The number of benzene rings is 1. The fourth-order valence-corrected chi connectivity index (χ4v) is 1.84. The molecular weight excluding hydrogens is 244 g/mol. The lowest BCUT2D eigenvalue weighted by Gasteiger charge is -2.04. The van der Waals surface area contributed by atoms with Crippen molar-refractivity contribution in [1.82, 2.24) is 10.1 Å². The van der Waals surface area contributed by atoms with Crippen LogP contribution in [-0.2, 0) is 0 Å². The van der Waals surface area contributed by atoms with Gasteiger partial charge in [-0.05, 0) is 31.0 Å². The van der Waals surface area contributed by atoms with Crippen molar-refractivity contribution in [3.05, 3.63) is 29.6 Å². The first-order valence-electron chi connectivity index (χ1n) is 6.32. The molecule has 0 aliphatic heterocycles. The Morgan fingerprint density at radius 3 is 2.89 bits per heavy atom. The number of rotatable bonds is 5. The van der Waals surface area contributed by atoms with Crippen LogP contribution in [0.2, 0.25) is 0 Å². The SMILES string of the molecule is CCCC(O)c1noc(-c2ccc(C)c(OC)c2)n1. The maximum Gasteiger partial charge on any atom is 0.258 e. The van der Waals surface area contributed by atoms with E-state index in [0.717, 1.165) is 23.3 Å². The van der Waals surface area contributed by atoms with Gasteiger partial charge < -0.3 is 14.4 Å². The molecule has 0 saturated carbocycles. The molecule has 1 aromatic carbocycles. The summed E-state index contributed by atoms with van der Waals surface area (Å²) >= 11 is 0. The Morgan fingerprint density at radius 2 is 2.21 bits per heavy atom. The molecule has 0 saturated heterocycles. The van der Waals surface area contributed by atoms with E-state index in [2.05, 4.69) is 10.1 Å². The van der Waals surface area contributed by atoms with E-state index in [4.69, 9.17) is 9.26 Å². The summed E-state index contributed by atoms with van der Waals surface area (Å²) in [7, 11) is 1.62. The van der Waals surface area contributed by atoms with Gasteiger partial charge in [-0.3, -0.25) is 0 Å². The zero-order valence-corrected chi connectivity index (χ0v) is 11.4. The van der Waals surface area contributed by atoms with E-state index in [1.807, 2.05) is 32.0 Å². The maximum atomic E-state index is 9.82. The zero-order valence-electron chi connectivity index (χ0n) is 11.4. The lowest BCUT2D eigenvalue weighted by atomic mass is 10.1. The summed E-state index contributed by atoms with van der Waals surface area (Å²) in [6.07, 6.45) is 0.814. The molecule has 5 heteroatoms. The number of hydrogen-bond acceptors (Lipinski definition) is 5. The third-order valence-corrected chi connectivity index (χ3v) is 2.96. The van der Waals surface area contributed by atoms with Gasteiger partial charge in [-0.25, -0.2) is 0 Å². The molecule has 1 aromatic heterocycles. The minimum Gasteiger partial charge on any atom is -0.496 e. The molecule has 5 nitrogen and oxygen atoms in total. The first-order valence-corrected chi connectivity index (χ1v) is 6.32. The van der Waals surface area contributed by atoms with E-state index >= 15 is 0 Å². The molecule has 0 aliphatic carbocycles. The summed E-state index contributed by atoms with van der Waals surface area (Å²) < 4.78 is 10.4. The molecule has 0 aliphatic rings. The van der Waals surface area contributed by atoms with Crippen LogP contribution in [0.4, 0.5) is 0 Å². The molecular formula is C14H18N2O3. The van der Waals surface area contributed by atoms with E-state index in [1.165, 1.54) is 0 Å². The van der Waals surface area contributed by atoms with Crippen molar-refractivity contribution in [2.45, 2.75) is 32.8 Å². The molecule has 0 fully saturated rings. The number of ether oxygens (including phenoxy) is 1. The van der Waals surface area contributed by atoms with Gasteiger partial charge in [0.25, 0.3) is 5.89 Å². The number of nitrogens with zero attached hydrogens (tertiary/aromatic N) is 2. The van der Waals surface area contributed by atoms with E-state index in [-0.39, 0.29) is 0 Å². The van der Waals surface area contributed by atoms with Crippen LogP contribution in [-0.4, -0.2) is 22.4 Å². The fourth-order valence-electron chi connectivity index (χ4n) is 1.84. The minimum atomic E-state index is -0.671. The number of hydrogen-bond donors (Lipinski definition) is 1. The summed E-state index contributed by atoms with van der Waals surface area (Å²) in [5.41, 5.74) is 1.82. The highest BCUT2D eigenvalue weighted by Crippen LogP contribution is 2.26. The van der Waals surface area contributed by atoms with Gasteiger partial charge in [-0.2, -0.15) is 4.98 Å². The Morgan fingerprint density at radius 1 is 1.42 bits per heavy atom. The lowest BCUT2D eigenvalue weighted by Crippen LogP contribution is -1.98. The third-order valence-electron chi connectivity index (χ3n) is 2.96. The van der Waals surface area contributed by atoms with Crippen molar-refractivity contribution >= 4 is 0 Å². The normalized spacial score (nSPS) is 12.4. The van der Waals surface area contributed by atoms with Crippen LogP contribution in [0.5, 0.6) is 5.75 Å². The van der Waals surface area contributed by atoms with Crippen LogP contribution in [0.15, 0.2) is 22.7 Å². The predicted octanol–water partition coefficient (Wildman–Crippen LogP) is 2.89. The number of aliphatic hydroxyl groups is 1. The molecule has 0 spiro atoms. The van der Waals surface area contributed by atoms with Gasteiger partial charge in [-0.15, -0.1) is 0 Å². The average Bonchev–Trinajstić information content (AvgIpc) is 2.89. The topological polar surface area (TPSA) is 68.4 Å². The van der Waals surface area contributed by atoms with Crippen molar-refractivity contribution in [3.8, 4) is 17.2 Å². The van der Waals surface area contributed by atoms with Gasteiger partial charge in [0, 0.05) is 5.56 Å². The van der Waals surface area contributed by atoms with Gasteiger partial charge in [0.1, 0.15) is 11.9 Å². The average molecular weight is 262 g/mol. The molecule has 1 atom stereocenters. The van der Waals surface area contributed by atoms with Crippen LogP contribution in [0.3, 0.4) is 0 Å². The Labute approximate surface area is 112 Å². The van der Waals surface area contributed by atoms with Gasteiger partial charge in [0.15, 0.2) is 0 Å². The molecule has 1 N–H and O–H groups in total. The zero-order chi connectivity index (χ0) is 13.8. The largest absolute Gasteiger partial charge is 0.496 e. The smallest absolute Gasteiger partial charge is 0.258 e. The van der Waals surface area contributed by atoms with E-state index in [9.17, 15) is 5.11 Å². The molecule has 19 heavy (non-hydrogen) atoms. The van der Waals surface area contributed by atoms with E-state index in [1.54, 1.807) is 7.11 Å². The van der Waals surface area contributed by atoms with Crippen LogP contribution in [0.25, 0.3) is 11.5 Å². The van der Waals surface area contributed by atoms with Crippen molar-refractivity contribution in [2.24, 2.45) is 0 Å². The van der Waals surface area contributed by atoms with E-state index < -0.39 is 6.10 Å². The summed E-state index contributed by atoms with van der Waals surface area (Å²) in [4.78, 5) is 4.22. The second-order valence-corrected chi connectivity index (χ2v) is 4.45. The van der Waals surface area contributed by atoms with Crippen LogP contribution >= 0.6 is 0 Å². The Bertz CT molecular complexity index is 551. The highest BCUT2D eigenvalue weighted by atomic mass is 16.5. The highest BCUT2D eigenvalue weighted by Gasteiger charge is 2.16. The third kappa shape index (κ3) is 2.93. The van der Waals surface area contributed by atoms with Gasteiger partial charge in [-0.1, -0.05) is 24.6 Å². The fraction of sp³-hybridized carbons (Fsp3) is 0.429. The number of aromatic nitrogens is 2. The monoisotopic (exact) mass is 262 g/mol. The van der Waals surface area contributed by atoms with Gasteiger partial charge >= 0.3 is 0 Å². The number of aryl methyl sites for hydroxylation is 1. The lowest BCUT2D eigenvalue weighted by molar-refractivity contribution is 0.153. The second-order valence-electron chi connectivity index (χ2n) is 4.45. The molecule has 0 radical (unpaired) electrons. The van der Waals surface area contributed by atoms with Crippen molar-refractivity contribution in [2.75, 3.05) is 7.11 Å². The minimum absolute atomic E-state index is 0.330. The second kappa shape index (κ2) is 5.84. The first kappa shape index (κ1) is 13.5.